The number of hydrogen-bond donors (Lipinski definition) is 1. The zero-order chi connectivity index (χ0) is 15.1. The average Bonchev–Trinajstić information content (AvgIpc) is 2.95. The van der Waals surface area contributed by atoms with Crippen molar-refractivity contribution in [2.75, 3.05) is 13.7 Å². The molecule has 7 nitrogen and oxygen atoms in total. The van der Waals surface area contributed by atoms with E-state index in [2.05, 4.69) is 20.4 Å². The van der Waals surface area contributed by atoms with Crippen molar-refractivity contribution in [2.45, 2.75) is 25.8 Å². The molecular weight excluding hydrogens is 272 g/mol. The predicted molar refractivity (Wildman–Crippen MR) is 75.3 cm³/mol. The molecule has 0 aromatic carbocycles. The number of nitrogens with zero attached hydrogens (tertiary/aromatic N) is 3. The molecule has 0 fully saturated rings. The molecule has 0 bridgehead atoms. The van der Waals surface area contributed by atoms with Crippen molar-refractivity contribution < 1.29 is 14.1 Å². The molecule has 21 heavy (non-hydrogen) atoms. The first-order valence-electron chi connectivity index (χ1n) is 6.70. The second kappa shape index (κ2) is 7.49. The Balaban J connectivity index is 1.84. The molecule has 1 N–H and O–H groups in total. The molecule has 0 saturated heterocycles. The van der Waals surface area contributed by atoms with Gasteiger partial charge in [-0.25, -0.2) is 0 Å². The fourth-order valence-electron chi connectivity index (χ4n) is 1.83. The number of amides is 1. The number of ether oxygens (including phenoxy) is 1. The van der Waals surface area contributed by atoms with Gasteiger partial charge in [0.25, 0.3) is 0 Å². The third-order valence-corrected chi connectivity index (χ3v) is 2.80. The first kappa shape index (κ1) is 15.1. The van der Waals surface area contributed by atoms with E-state index in [-0.39, 0.29) is 11.9 Å². The molecular formula is C14H18N4O3. The van der Waals surface area contributed by atoms with Crippen LogP contribution in [-0.4, -0.2) is 40.8 Å². The van der Waals surface area contributed by atoms with Crippen molar-refractivity contribution in [2.24, 2.45) is 0 Å². The van der Waals surface area contributed by atoms with Crippen molar-refractivity contribution in [3.63, 3.8) is 0 Å². The molecule has 0 aliphatic carbocycles. The van der Waals surface area contributed by atoms with E-state index in [1.165, 1.54) is 0 Å². The van der Waals surface area contributed by atoms with Gasteiger partial charge in [0.1, 0.15) is 0 Å². The van der Waals surface area contributed by atoms with Crippen LogP contribution in [0.15, 0.2) is 29.0 Å². The molecule has 0 aliphatic rings. The molecule has 2 heterocycles. The van der Waals surface area contributed by atoms with Crippen LogP contribution in [0.2, 0.25) is 0 Å². The summed E-state index contributed by atoms with van der Waals surface area (Å²) in [5.41, 5.74) is 0.832. The van der Waals surface area contributed by atoms with Gasteiger partial charge >= 0.3 is 0 Å². The van der Waals surface area contributed by atoms with Gasteiger partial charge in [-0.3, -0.25) is 9.78 Å². The molecule has 0 spiro atoms. The highest BCUT2D eigenvalue weighted by molar-refractivity contribution is 5.76. The Bertz CT molecular complexity index is 571. The number of methoxy groups -OCH3 is 1. The highest BCUT2D eigenvalue weighted by Gasteiger charge is 2.12. The van der Waals surface area contributed by atoms with E-state index in [0.717, 1.165) is 5.56 Å². The molecule has 0 unspecified atom stereocenters. The predicted octanol–water partition coefficient (Wildman–Crippen LogP) is 1.22. The van der Waals surface area contributed by atoms with Crippen LogP contribution < -0.4 is 5.32 Å². The summed E-state index contributed by atoms with van der Waals surface area (Å²) in [6.07, 6.45) is 4.03. The normalized spacial score (nSPS) is 12.1. The van der Waals surface area contributed by atoms with E-state index in [9.17, 15) is 4.79 Å². The van der Waals surface area contributed by atoms with Crippen LogP contribution in [0.25, 0.3) is 11.4 Å². The molecule has 0 radical (unpaired) electrons. The van der Waals surface area contributed by atoms with Crippen LogP contribution in [0.5, 0.6) is 0 Å². The second-order valence-electron chi connectivity index (χ2n) is 4.67. The molecule has 2 aromatic heterocycles. The van der Waals surface area contributed by atoms with Crippen molar-refractivity contribution in [1.82, 2.24) is 20.4 Å². The smallest absolute Gasteiger partial charge is 0.227 e. The van der Waals surface area contributed by atoms with Crippen molar-refractivity contribution in [3.8, 4) is 11.4 Å². The minimum atomic E-state index is -0.0665. The van der Waals surface area contributed by atoms with Crippen LogP contribution in [0.3, 0.4) is 0 Å². The first-order valence-corrected chi connectivity index (χ1v) is 6.70. The van der Waals surface area contributed by atoms with Crippen LogP contribution in [0, 0.1) is 0 Å². The lowest BCUT2D eigenvalue weighted by Gasteiger charge is -2.11. The minimum absolute atomic E-state index is 0.0161. The van der Waals surface area contributed by atoms with E-state index in [1.54, 1.807) is 31.6 Å². The number of carbonyl (C=O) groups is 1. The van der Waals surface area contributed by atoms with E-state index >= 15 is 0 Å². The topological polar surface area (TPSA) is 90.1 Å². The zero-order valence-electron chi connectivity index (χ0n) is 12.1. The van der Waals surface area contributed by atoms with Crippen LogP contribution in [-0.2, 0) is 16.0 Å². The minimum Gasteiger partial charge on any atom is -0.383 e. The quantitative estimate of drug-likeness (QED) is 0.824. The van der Waals surface area contributed by atoms with Gasteiger partial charge in [0, 0.05) is 44.0 Å². The standard InChI is InChI=1S/C14H18N4O3/c1-10(9-20-2)16-12(19)3-4-13-17-14(18-21-13)11-5-7-15-8-6-11/h5-8,10H,3-4,9H2,1-2H3,(H,16,19)/t10-/m1/s1. The Labute approximate surface area is 122 Å². The summed E-state index contributed by atoms with van der Waals surface area (Å²) in [4.78, 5) is 19.9. The van der Waals surface area contributed by atoms with Crippen molar-refractivity contribution in [3.05, 3.63) is 30.4 Å². The van der Waals surface area contributed by atoms with Gasteiger partial charge < -0.3 is 14.6 Å². The fourth-order valence-corrected chi connectivity index (χ4v) is 1.83. The Kier molecular flexibility index (Phi) is 5.39. The van der Waals surface area contributed by atoms with Gasteiger partial charge in [-0.05, 0) is 19.1 Å². The summed E-state index contributed by atoms with van der Waals surface area (Å²) in [5.74, 6) is 0.875. The maximum atomic E-state index is 11.7. The van der Waals surface area contributed by atoms with E-state index < -0.39 is 0 Å². The van der Waals surface area contributed by atoms with Crippen LogP contribution in [0.1, 0.15) is 19.2 Å². The number of pyridine rings is 1. The summed E-state index contributed by atoms with van der Waals surface area (Å²) in [5, 5.41) is 6.72. The number of carbonyl (C=O) groups excluding carboxylic acids is 1. The van der Waals surface area contributed by atoms with E-state index in [4.69, 9.17) is 9.26 Å². The largest absolute Gasteiger partial charge is 0.383 e. The third kappa shape index (κ3) is 4.64. The molecule has 7 heteroatoms. The Morgan fingerprint density at radius 2 is 2.19 bits per heavy atom. The maximum absolute atomic E-state index is 11.7. The molecule has 2 rings (SSSR count). The number of aryl methyl sites for hydroxylation is 1. The van der Waals surface area contributed by atoms with E-state index in [1.807, 2.05) is 6.92 Å². The van der Waals surface area contributed by atoms with Crippen LogP contribution in [0.4, 0.5) is 0 Å². The van der Waals surface area contributed by atoms with Gasteiger partial charge in [-0.1, -0.05) is 5.16 Å². The summed E-state index contributed by atoms with van der Waals surface area (Å²) < 4.78 is 10.1. The molecule has 0 aliphatic heterocycles. The van der Waals surface area contributed by atoms with Crippen molar-refractivity contribution in [1.29, 1.82) is 0 Å². The summed E-state index contributed by atoms with van der Waals surface area (Å²) in [7, 11) is 1.60. The highest BCUT2D eigenvalue weighted by atomic mass is 16.5. The monoisotopic (exact) mass is 290 g/mol. The number of aromatic nitrogens is 3. The second-order valence-corrected chi connectivity index (χ2v) is 4.67. The highest BCUT2D eigenvalue weighted by Crippen LogP contribution is 2.14. The van der Waals surface area contributed by atoms with Crippen molar-refractivity contribution >= 4 is 5.91 Å². The molecule has 2 aromatic rings. The molecule has 0 saturated carbocycles. The molecule has 1 atom stereocenters. The average molecular weight is 290 g/mol. The Hall–Kier alpha value is -2.28. The molecule has 1 amide bonds. The molecule has 112 valence electrons. The summed E-state index contributed by atoms with van der Waals surface area (Å²) >= 11 is 0. The van der Waals surface area contributed by atoms with Gasteiger partial charge in [0.2, 0.25) is 17.6 Å². The van der Waals surface area contributed by atoms with Gasteiger partial charge in [0.15, 0.2) is 0 Å². The zero-order valence-corrected chi connectivity index (χ0v) is 12.1. The summed E-state index contributed by atoms with van der Waals surface area (Å²) in [6.45, 7) is 2.37. The van der Waals surface area contributed by atoms with E-state index in [0.29, 0.717) is 31.2 Å². The number of rotatable bonds is 7. The van der Waals surface area contributed by atoms with Gasteiger partial charge in [-0.2, -0.15) is 4.98 Å². The Morgan fingerprint density at radius 1 is 1.43 bits per heavy atom. The van der Waals surface area contributed by atoms with Crippen LogP contribution >= 0.6 is 0 Å². The summed E-state index contributed by atoms with van der Waals surface area (Å²) in [6, 6.07) is 3.58. The SMILES string of the molecule is COC[C@@H](C)NC(=O)CCc1nc(-c2ccncc2)no1. The Morgan fingerprint density at radius 3 is 2.90 bits per heavy atom. The number of hydrogen-bond acceptors (Lipinski definition) is 6. The third-order valence-electron chi connectivity index (χ3n) is 2.80. The lowest BCUT2D eigenvalue weighted by molar-refractivity contribution is -0.122. The number of nitrogens with one attached hydrogen (secondary N) is 1. The first-order chi connectivity index (χ1) is 10.2. The fraction of sp³-hybridized carbons (Fsp3) is 0.429. The van der Waals surface area contributed by atoms with Gasteiger partial charge in [0.05, 0.1) is 6.61 Å². The lowest BCUT2D eigenvalue weighted by atomic mass is 10.2. The lowest BCUT2D eigenvalue weighted by Crippen LogP contribution is -2.35. The van der Waals surface area contributed by atoms with Gasteiger partial charge in [-0.15, -0.1) is 0 Å². The maximum Gasteiger partial charge on any atom is 0.227 e.